The molecule has 18 heavy (non-hydrogen) atoms. The fraction of sp³-hybridized carbons (Fsp3) is 0.571. The summed E-state index contributed by atoms with van der Waals surface area (Å²) in [7, 11) is 1.73. The molecular formula is C14H21BrN2O. The molecule has 1 aromatic carbocycles. The smallest absolute Gasteiger partial charge is 0.142 e. The fourth-order valence-electron chi connectivity index (χ4n) is 2.40. The highest BCUT2D eigenvalue weighted by molar-refractivity contribution is 9.10. The van der Waals surface area contributed by atoms with Gasteiger partial charge < -0.3 is 15.0 Å². The first kappa shape index (κ1) is 13.7. The number of rotatable bonds is 3. The molecule has 0 spiro atoms. The Balaban J connectivity index is 2.28. The number of nitrogens with zero attached hydrogens (tertiary/aromatic N) is 1. The SMILES string of the molecule is CCC1(C)CN(c2cc(Br)ccc2OC)CCN1. The van der Waals surface area contributed by atoms with E-state index in [1.165, 1.54) is 5.69 Å². The van der Waals surface area contributed by atoms with Gasteiger partial charge in [-0.2, -0.15) is 0 Å². The standard InChI is InChI=1S/C14H21BrN2O/c1-4-14(2)10-17(8-7-16-14)12-9-11(15)5-6-13(12)18-3/h5-6,9,16H,4,7-8,10H2,1-3H3. The lowest BCUT2D eigenvalue weighted by atomic mass is 9.95. The molecule has 0 aliphatic carbocycles. The monoisotopic (exact) mass is 312 g/mol. The molecule has 1 saturated heterocycles. The van der Waals surface area contributed by atoms with Gasteiger partial charge in [0.2, 0.25) is 0 Å². The van der Waals surface area contributed by atoms with Gasteiger partial charge in [-0.25, -0.2) is 0 Å². The van der Waals surface area contributed by atoms with Crippen molar-refractivity contribution in [3.63, 3.8) is 0 Å². The molecule has 4 heteroatoms. The van der Waals surface area contributed by atoms with E-state index in [2.05, 4.69) is 46.1 Å². The van der Waals surface area contributed by atoms with Gasteiger partial charge in [0.25, 0.3) is 0 Å². The van der Waals surface area contributed by atoms with Crippen molar-refractivity contribution in [2.45, 2.75) is 25.8 Å². The lowest BCUT2D eigenvalue weighted by Gasteiger charge is -2.42. The minimum Gasteiger partial charge on any atom is -0.495 e. The lowest BCUT2D eigenvalue weighted by molar-refractivity contribution is 0.312. The van der Waals surface area contributed by atoms with Crippen LogP contribution in [0.15, 0.2) is 22.7 Å². The van der Waals surface area contributed by atoms with Crippen LogP contribution in [-0.4, -0.2) is 32.3 Å². The maximum Gasteiger partial charge on any atom is 0.142 e. The first-order valence-electron chi connectivity index (χ1n) is 6.41. The Kier molecular flexibility index (Phi) is 4.17. The van der Waals surface area contributed by atoms with Crippen LogP contribution in [0.5, 0.6) is 5.75 Å². The highest BCUT2D eigenvalue weighted by atomic mass is 79.9. The summed E-state index contributed by atoms with van der Waals surface area (Å²) in [5, 5.41) is 3.60. The Labute approximate surface area is 118 Å². The second-order valence-electron chi connectivity index (χ2n) is 5.08. The molecule has 0 bridgehead atoms. The van der Waals surface area contributed by atoms with Crippen molar-refractivity contribution in [2.75, 3.05) is 31.6 Å². The predicted molar refractivity (Wildman–Crippen MR) is 79.6 cm³/mol. The molecule has 2 rings (SSSR count). The van der Waals surface area contributed by atoms with Crippen LogP contribution in [0.3, 0.4) is 0 Å². The number of anilines is 1. The molecular weight excluding hydrogens is 292 g/mol. The molecule has 0 radical (unpaired) electrons. The van der Waals surface area contributed by atoms with Crippen molar-refractivity contribution in [2.24, 2.45) is 0 Å². The Morgan fingerprint density at radius 3 is 2.94 bits per heavy atom. The second-order valence-corrected chi connectivity index (χ2v) is 5.99. The van der Waals surface area contributed by atoms with Crippen LogP contribution in [0.4, 0.5) is 5.69 Å². The zero-order chi connectivity index (χ0) is 13.2. The zero-order valence-corrected chi connectivity index (χ0v) is 12.9. The molecule has 0 aromatic heterocycles. The van der Waals surface area contributed by atoms with E-state index in [0.717, 1.165) is 36.3 Å². The van der Waals surface area contributed by atoms with Crippen molar-refractivity contribution in [3.05, 3.63) is 22.7 Å². The molecule has 1 N–H and O–H groups in total. The van der Waals surface area contributed by atoms with Crippen LogP contribution in [0, 0.1) is 0 Å². The summed E-state index contributed by atoms with van der Waals surface area (Å²) in [5.41, 5.74) is 1.36. The number of hydrogen-bond acceptors (Lipinski definition) is 3. The van der Waals surface area contributed by atoms with E-state index in [9.17, 15) is 0 Å². The summed E-state index contributed by atoms with van der Waals surface area (Å²) in [4.78, 5) is 2.41. The van der Waals surface area contributed by atoms with Gasteiger partial charge in [0.1, 0.15) is 5.75 Å². The highest BCUT2D eigenvalue weighted by Crippen LogP contribution is 2.33. The minimum atomic E-state index is 0.186. The van der Waals surface area contributed by atoms with E-state index in [0.29, 0.717) is 0 Å². The number of halogens is 1. The van der Waals surface area contributed by atoms with Crippen LogP contribution in [0.25, 0.3) is 0 Å². The minimum absolute atomic E-state index is 0.186. The van der Waals surface area contributed by atoms with Crippen molar-refractivity contribution < 1.29 is 4.74 Å². The number of ether oxygens (including phenoxy) is 1. The first-order chi connectivity index (χ1) is 8.58. The molecule has 1 unspecified atom stereocenters. The second kappa shape index (κ2) is 5.49. The zero-order valence-electron chi connectivity index (χ0n) is 11.3. The number of benzene rings is 1. The van der Waals surface area contributed by atoms with Crippen molar-refractivity contribution >= 4 is 21.6 Å². The van der Waals surface area contributed by atoms with Gasteiger partial charge in [-0.05, 0) is 31.5 Å². The van der Waals surface area contributed by atoms with Crippen LogP contribution < -0.4 is 15.0 Å². The maximum atomic E-state index is 5.47. The summed E-state index contributed by atoms with van der Waals surface area (Å²) < 4.78 is 6.57. The summed E-state index contributed by atoms with van der Waals surface area (Å²) in [6.07, 6.45) is 1.12. The van der Waals surface area contributed by atoms with E-state index in [-0.39, 0.29) is 5.54 Å². The Morgan fingerprint density at radius 2 is 2.28 bits per heavy atom. The molecule has 1 atom stereocenters. The van der Waals surface area contributed by atoms with Gasteiger partial charge >= 0.3 is 0 Å². The van der Waals surface area contributed by atoms with Crippen molar-refractivity contribution in [1.29, 1.82) is 0 Å². The molecule has 0 amide bonds. The summed E-state index contributed by atoms with van der Waals surface area (Å²) in [6.45, 7) is 7.55. The van der Waals surface area contributed by atoms with E-state index in [1.807, 2.05) is 12.1 Å². The van der Waals surface area contributed by atoms with Gasteiger partial charge in [0.15, 0.2) is 0 Å². The third kappa shape index (κ3) is 2.81. The van der Waals surface area contributed by atoms with Gasteiger partial charge in [-0.3, -0.25) is 0 Å². The highest BCUT2D eigenvalue weighted by Gasteiger charge is 2.29. The average Bonchev–Trinajstić information content (AvgIpc) is 2.39. The molecule has 1 aliphatic rings. The normalized spacial score (nSPS) is 24.1. The summed E-state index contributed by atoms with van der Waals surface area (Å²) >= 11 is 3.54. The third-order valence-corrected chi connectivity index (χ3v) is 4.23. The van der Waals surface area contributed by atoms with Crippen LogP contribution >= 0.6 is 15.9 Å². The maximum absolute atomic E-state index is 5.47. The summed E-state index contributed by atoms with van der Waals surface area (Å²) in [6, 6.07) is 6.18. The quantitative estimate of drug-likeness (QED) is 0.928. The van der Waals surface area contributed by atoms with E-state index in [4.69, 9.17) is 4.74 Å². The van der Waals surface area contributed by atoms with Crippen LogP contribution in [-0.2, 0) is 0 Å². The van der Waals surface area contributed by atoms with Crippen LogP contribution in [0.1, 0.15) is 20.3 Å². The van der Waals surface area contributed by atoms with Gasteiger partial charge in [-0.1, -0.05) is 22.9 Å². The Bertz CT molecular complexity index is 424. The molecule has 1 fully saturated rings. The molecule has 1 aromatic rings. The topological polar surface area (TPSA) is 24.5 Å². The van der Waals surface area contributed by atoms with Crippen LogP contribution in [0.2, 0.25) is 0 Å². The van der Waals surface area contributed by atoms with E-state index >= 15 is 0 Å². The molecule has 100 valence electrons. The van der Waals surface area contributed by atoms with Crippen molar-refractivity contribution in [1.82, 2.24) is 5.32 Å². The number of methoxy groups -OCH3 is 1. The fourth-order valence-corrected chi connectivity index (χ4v) is 2.75. The van der Waals surface area contributed by atoms with Crippen molar-refractivity contribution in [3.8, 4) is 5.75 Å². The lowest BCUT2D eigenvalue weighted by Crippen LogP contribution is -2.58. The average molecular weight is 313 g/mol. The Morgan fingerprint density at radius 1 is 1.50 bits per heavy atom. The van der Waals surface area contributed by atoms with Gasteiger partial charge in [0.05, 0.1) is 12.8 Å². The molecule has 1 aliphatic heterocycles. The number of piperazine rings is 1. The largest absolute Gasteiger partial charge is 0.495 e. The number of nitrogens with one attached hydrogen (secondary N) is 1. The molecule has 0 saturated carbocycles. The molecule has 1 heterocycles. The molecule has 3 nitrogen and oxygen atoms in total. The van der Waals surface area contributed by atoms with Gasteiger partial charge in [-0.15, -0.1) is 0 Å². The summed E-state index contributed by atoms with van der Waals surface area (Å²) in [5.74, 6) is 0.943. The predicted octanol–water partition coefficient (Wildman–Crippen LogP) is 3.04. The Hall–Kier alpha value is -0.740. The van der Waals surface area contributed by atoms with E-state index < -0.39 is 0 Å². The number of hydrogen-bond donors (Lipinski definition) is 1. The first-order valence-corrected chi connectivity index (χ1v) is 7.21. The van der Waals surface area contributed by atoms with E-state index in [1.54, 1.807) is 7.11 Å². The van der Waals surface area contributed by atoms with Gasteiger partial charge in [0, 0.05) is 29.6 Å². The third-order valence-electron chi connectivity index (χ3n) is 3.74.